The zero-order valence-corrected chi connectivity index (χ0v) is 21.4. The predicted molar refractivity (Wildman–Crippen MR) is 137 cm³/mol. The highest BCUT2D eigenvalue weighted by atomic mass is 19.1. The minimum Gasteiger partial charge on any atom is -0.493 e. The topological polar surface area (TPSA) is 99.0 Å². The zero-order chi connectivity index (χ0) is 26.2. The maximum absolute atomic E-state index is 13.8. The Morgan fingerprint density at radius 3 is 2.33 bits per heavy atom. The van der Waals surface area contributed by atoms with Crippen LogP contribution in [0.15, 0.2) is 41.4 Å². The summed E-state index contributed by atoms with van der Waals surface area (Å²) in [4.78, 5) is 17.7. The molecule has 192 valence electrons. The summed E-state index contributed by atoms with van der Waals surface area (Å²) in [7, 11) is 4.44. The highest BCUT2D eigenvalue weighted by Gasteiger charge is 2.18. The number of guanidine groups is 1. The lowest BCUT2D eigenvalue weighted by molar-refractivity contribution is 0.0976. The van der Waals surface area contributed by atoms with Crippen LogP contribution in [-0.2, 0) is 13.0 Å². The number of anilines is 1. The molecule has 1 aromatic heterocycles. The van der Waals surface area contributed by atoms with Crippen LogP contribution < -0.4 is 24.8 Å². The molecule has 0 radical (unpaired) electrons. The molecule has 0 bridgehead atoms. The van der Waals surface area contributed by atoms with Crippen molar-refractivity contribution in [3.05, 3.63) is 64.7 Å². The minimum absolute atomic E-state index is 0.178. The number of ether oxygens (including phenoxy) is 3. The SMILES string of the molecule is CCn1nc(C)c(CCN=C(NC(=O)c2cc(OC)c(OC)c(OC)c2)Nc2cccc(F)c2)c1C. The van der Waals surface area contributed by atoms with Crippen LogP contribution in [0, 0.1) is 19.7 Å². The molecule has 0 unspecified atom stereocenters. The van der Waals surface area contributed by atoms with Crippen molar-refractivity contribution >= 4 is 17.6 Å². The highest BCUT2D eigenvalue weighted by Crippen LogP contribution is 2.38. The van der Waals surface area contributed by atoms with Gasteiger partial charge in [-0.15, -0.1) is 0 Å². The fraction of sp³-hybridized carbons (Fsp3) is 0.346. The molecule has 0 saturated heterocycles. The number of methoxy groups -OCH3 is 3. The lowest BCUT2D eigenvalue weighted by Crippen LogP contribution is -2.36. The van der Waals surface area contributed by atoms with E-state index in [2.05, 4.69) is 20.7 Å². The maximum Gasteiger partial charge on any atom is 0.258 e. The van der Waals surface area contributed by atoms with Gasteiger partial charge in [-0.1, -0.05) is 6.07 Å². The van der Waals surface area contributed by atoms with Crippen molar-refractivity contribution in [3.8, 4) is 17.2 Å². The van der Waals surface area contributed by atoms with E-state index >= 15 is 0 Å². The number of aromatic nitrogens is 2. The number of nitrogens with one attached hydrogen (secondary N) is 2. The van der Waals surface area contributed by atoms with Gasteiger partial charge in [-0.05, 0) is 63.1 Å². The number of nitrogens with zero attached hydrogens (tertiary/aromatic N) is 3. The van der Waals surface area contributed by atoms with Crippen LogP contribution in [0.1, 0.15) is 34.2 Å². The van der Waals surface area contributed by atoms with E-state index in [1.165, 1.54) is 33.5 Å². The molecule has 0 saturated carbocycles. The first-order valence-corrected chi connectivity index (χ1v) is 11.5. The maximum atomic E-state index is 13.8. The summed E-state index contributed by atoms with van der Waals surface area (Å²) in [5.41, 5.74) is 3.87. The summed E-state index contributed by atoms with van der Waals surface area (Å²) in [5, 5.41) is 10.3. The van der Waals surface area contributed by atoms with E-state index in [0.29, 0.717) is 35.9 Å². The van der Waals surface area contributed by atoms with Gasteiger partial charge in [0.2, 0.25) is 11.7 Å². The predicted octanol–water partition coefficient (Wildman–Crippen LogP) is 4.13. The van der Waals surface area contributed by atoms with E-state index in [1.54, 1.807) is 24.3 Å². The van der Waals surface area contributed by atoms with Gasteiger partial charge in [0, 0.05) is 30.0 Å². The molecule has 3 aromatic rings. The molecule has 0 aliphatic heterocycles. The number of hydrogen-bond acceptors (Lipinski definition) is 6. The molecule has 36 heavy (non-hydrogen) atoms. The summed E-state index contributed by atoms with van der Waals surface area (Å²) in [6.45, 7) is 7.20. The molecule has 0 spiro atoms. The Morgan fingerprint density at radius 2 is 1.78 bits per heavy atom. The molecule has 0 atom stereocenters. The normalized spacial score (nSPS) is 11.2. The number of hydrogen-bond donors (Lipinski definition) is 2. The molecule has 10 heteroatoms. The van der Waals surface area contributed by atoms with Gasteiger partial charge in [0.1, 0.15) is 5.82 Å². The third-order valence-electron chi connectivity index (χ3n) is 5.71. The van der Waals surface area contributed by atoms with Gasteiger partial charge in [-0.2, -0.15) is 5.10 Å². The first kappa shape index (κ1) is 26.5. The molecule has 0 aliphatic carbocycles. The van der Waals surface area contributed by atoms with E-state index < -0.39 is 11.7 Å². The molecule has 3 rings (SSSR count). The van der Waals surface area contributed by atoms with Crippen molar-refractivity contribution < 1.29 is 23.4 Å². The average Bonchev–Trinajstić information content (AvgIpc) is 3.15. The van der Waals surface area contributed by atoms with Crippen molar-refractivity contribution in [2.45, 2.75) is 33.7 Å². The van der Waals surface area contributed by atoms with Crippen LogP contribution in [0.4, 0.5) is 10.1 Å². The lowest BCUT2D eigenvalue weighted by atomic mass is 10.1. The number of amides is 1. The quantitative estimate of drug-likeness (QED) is 0.341. The van der Waals surface area contributed by atoms with Gasteiger partial charge in [0.15, 0.2) is 11.5 Å². The molecular weight excluding hydrogens is 465 g/mol. The van der Waals surface area contributed by atoms with Gasteiger partial charge in [0.25, 0.3) is 5.91 Å². The molecule has 2 N–H and O–H groups in total. The van der Waals surface area contributed by atoms with Crippen molar-refractivity contribution in [2.24, 2.45) is 4.99 Å². The average molecular weight is 498 g/mol. The molecule has 9 nitrogen and oxygen atoms in total. The second kappa shape index (κ2) is 12.1. The monoisotopic (exact) mass is 497 g/mol. The zero-order valence-electron chi connectivity index (χ0n) is 21.4. The van der Waals surface area contributed by atoms with Crippen molar-refractivity contribution in [1.29, 1.82) is 0 Å². The Morgan fingerprint density at radius 1 is 1.08 bits per heavy atom. The highest BCUT2D eigenvalue weighted by molar-refractivity contribution is 6.10. The molecule has 1 heterocycles. The Bertz CT molecular complexity index is 1230. The van der Waals surface area contributed by atoms with Crippen LogP contribution in [0.2, 0.25) is 0 Å². The number of carbonyl (C=O) groups is 1. The molecular formula is C26H32FN5O4. The van der Waals surface area contributed by atoms with E-state index in [4.69, 9.17) is 14.2 Å². The molecule has 2 aromatic carbocycles. The summed E-state index contributed by atoms with van der Waals surface area (Å²) < 4.78 is 31.7. The Hall–Kier alpha value is -4.08. The van der Waals surface area contributed by atoms with Gasteiger partial charge in [-0.25, -0.2) is 4.39 Å². The van der Waals surface area contributed by atoms with E-state index in [0.717, 1.165) is 23.5 Å². The van der Waals surface area contributed by atoms with Crippen molar-refractivity contribution in [3.63, 3.8) is 0 Å². The van der Waals surface area contributed by atoms with Crippen molar-refractivity contribution in [1.82, 2.24) is 15.1 Å². The van der Waals surface area contributed by atoms with Gasteiger partial charge in [-0.3, -0.25) is 19.8 Å². The van der Waals surface area contributed by atoms with E-state index in [-0.39, 0.29) is 11.5 Å². The van der Waals surface area contributed by atoms with Crippen LogP contribution in [0.5, 0.6) is 17.2 Å². The fourth-order valence-corrected chi connectivity index (χ4v) is 3.89. The van der Waals surface area contributed by atoms with Gasteiger partial charge >= 0.3 is 0 Å². The third kappa shape index (κ3) is 6.12. The Kier molecular flexibility index (Phi) is 8.88. The number of aliphatic imine (C=N–C) groups is 1. The Labute approximate surface area is 210 Å². The first-order valence-electron chi connectivity index (χ1n) is 11.5. The number of carbonyl (C=O) groups excluding carboxylic acids is 1. The standard InChI is InChI=1S/C26H32FN5O4/c1-7-32-17(3)21(16(2)31-32)11-12-28-26(29-20-10-8-9-19(27)15-20)30-25(33)18-13-22(34-4)24(36-6)23(14-18)35-5/h8-10,13-15H,7,11-12H2,1-6H3,(H2,28,29,30,33). The van der Waals surface area contributed by atoms with Crippen LogP contribution in [0.25, 0.3) is 0 Å². The minimum atomic E-state index is -0.455. The number of rotatable bonds is 9. The number of benzene rings is 2. The number of aryl methyl sites for hydroxylation is 2. The molecule has 0 aliphatic rings. The van der Waals surface area contributed by atoms with E-state index in [9.17, 15) is 9.18 Å². The summed E-state index contributed by atoms with van der Waals surface area (Å²) in [5.74, 6) is 0.380. The lowest BCUT2D eigenvalue weighted by Gasteiger charge is -2.15. The first-order chi connectivity index (χ1) is 17.3. The molecule has 0 fully saturated rings. The van der Waals surface area contributed by atoms with Crippen LogP contribution in [-0.4, -0.2) is 49.5 Å². The second-order valence-electron chi connectivity index (χ2n) is 7.95. The number of halogens is 1. The van der Waals surface area contributed by atoms with Gasteiger partial charge < -0.3 is 19.5 Å². The summed E-state index contributed by atoms with van der Waals surface area (Å²) in [6, 6.07) is 9.00. The second-order valence-corrected chi connectivity index (χ2v) is 7.95. The van der Waals surface area contributed by atoms with Crippen LogP contribution in [0.3, 0.4) is 0 Å². The summed E-state index contributed by atoms with van der Waals surface area (Å²) in [6.07, 6.45) is 0.631. The van der Waals surface area contributed by atoms with E-state index in [1.807, 2.05) is 25.5 Å². The summed E-state index contributed by atoms with van der Waals surface area (Å²) >= 11 is 0. The molecule has 1 amide bonds. The van der Waals surface area contributed by atoms with Crippen molar-refractivity contribution in [2.75, 3.05) is 33.2 Å². The Balaban J connectivity index is 1.87. The van der Waals surface area contributed by atoms with Gasteiger partial charge in [0.05, 0.1) is 27.0 Å². The smallest absolute Gasteiger partial charge is 0.258 e. The van der Waals surface area contributed by atoms with Crippen LogP contribution >= 0.6 is 0 Å². The fourth-order valence-electron chi connectivity index (χ4n) is 3.89. The largest absolute Gasteiger partial charge is 0.493 e. The third-order valence-corrected chi connectivity index (χ3v) is 5.71.